The highest BCUT2D eigenvalue weighted by atomic mass is 79.9. The summed E-state index contributed by atoms with van der Waals surface area (Å²) in [6, 6.07) is 14.0. The van der Waals surface area contributed by atoms with E-state index >= 15 is 0 Å². The Bertz CT molecular complexity index is 1540. The topological polar surface area (TPSA) is 110 Å². The molecule has 0 bridgehead atoms. The molecular weight excluding hydrogens is 640 g/mol. The highest BCUT2D eigenvalue weighted by Crippen LogP contribution is 2.37. The van der Waals surface area contributed by atoms with Gasteiger partial charge < -0.3 is 4.18 Å². The minimum absolute atomic E-state index is 0.0764. The summed E-state index contributed by atoms with van der Waals surface area (Å²) in [6.07, 6.45) is 1.16. The Kier molecular flexibility index (Phi) is 7.37. The summed E-state index contributed by atoms with van der Waals surface area (Å²) in [6.45, 7) is 1.82. The molecule has 0 saturated carbocycles. The molecule has 1 N–H and O–H groups in total. The first-order chi connectivity index (χ1) is 17.0. The van der Waals surface area contributed by atoms with E-state index in [9.17, 15) is 22.8 Å². The van der Waals surface area contributed by atoms with E-state index < -0.39 is 33.5 Å². The number of nitrogens with zero attached hydrogens (tertiary/aromatic N) is 1. The molecule has 0 spiro atoms. The fourth-order valence-electron chi connectivity index (χ4n) is 3.28. The Morgan fingerprint density at radius 1 is 0.972 bits per heavy atom. The third-order valence-corrected chi connectivity index (χ3v) is 7.56. The van der Waals surface area contributed by atoms with Crippen LogP contribution in [0, 0.1) is 6.92 Å². The fraction of sp³-hybridized carbons (Fsp3) is 0.0417. The molecule has 4 rings (SSSR count). The molecule has 8 nitrogen and oxygen atoms in total. The number of barbiturate groups is 1. The summed E-state index contributed by atoms with van der Waals surface area (Å²) < 4.78 is 32.1. The quantitative estimate of drug-likeness (QED) is 0.218. The second-order valence-electron chi connectivity index (χ2n) is 7.59. The van der Waals surface area contributed by atoms with Crippen LogP contribution in [0.2, 0.25) is 5.02 Å². The van der Waals surface area contributed by atoms with Gasteiger partial charge in [-0.2, -0.15) is 8.42 Å². The van der Waals surface area contributed by atoms with Gasteiger partial charge in [-0.25, -0.2) is 9.69 Å². The van der Waals surface area contributed by atoms with Crippen molar-refractivity contribution < 1.29 is 27.0 Å². The van der Waals surface area contributed by atoms with Gasteiger partial charge in [0.25, 0.3) is 11.8 Å². The number of benzene rings is 3. The second kappa shape index (κ2) is 10.2. The van der Waals surface area contributed by atoms with Crippen LogP contribution in [0.25, 0.3) is 6.08 Å². The summed E-state index contributed by atoms with van der Waals surface area (Å²) in [5.41, 5.74) is 0.739. The van der Waals surface area contributed by atoms with Gasteiger partial charge in [-0.15, -0.1) is 0 Å². The maximum absolute atomic E-state index is 13.2. The lowest BCUT2D eigenvalue weighted by Gasteiger charge is -2.26. The number of nitrogens with one attached hydrogen (secondary N) is 1. The van der Waals surface area contributed by atoms with Crippen LogP contribution >= 0.6 is 43.5 Å². The number of amides is 4. The Labute approximate surface area is 228 Å². The number of imide groups is 2. The first-order valence-corrected chi connectivity index (χ1v) is 13.5. The van der Waals surface area contributed by atoms with Gasteiger partial charge in [-0.05, 0) is 77.5 Å². The zero-order valence-electron chi connectivity index (χ0n) is 18.3. The smallest absolute Gasteiger partial charge is 0.339 e. The monoisotopic (exact) mass is 652 g/mol. The third kappa shape index (κ3) is 5.39. The van der Waals surface area contributed by atoms with E-state index in [1.54, 1.807) is 18.2 Å². The molecule has 1 heterocycles. The van der Waals surface area contributed by atoms with Crippen LogP contribution < -0.4 is 14.4 Å². The number of anilines is 1. The molecule has 0 radical (unpaired) electrons. The molecule has 12 heteroatoms. The van der Waals surface area contributed by atoms with Crippen LogP contribution in [-0.4, -0.2) is 26.3 Å². The molecule has 184 valence electrons. The molecule has 4 amide bonds. The predicted molar refractivity (Wildman–Crippen MR) is 141 cm³/mol. The van der Waals surface area contributed by atoms with Crippen molar-refractivity contribution in [2.45, 2.75) is 11.8 Å². The normalized spacial score (nSPS) is 15.3. The predicted octanol–water partition coefficient (Wildman–Crippen LogP) is 5.61. The molecule has 36 heavy (non-hydrogen) atoms. The van der Waals surface area contributed by atoms with Gasteiger partial charge >= 0.3 is 16.1 Å². The van der Waals surface area contributed by atoms with Crippen molar-refractivity contribution in [2.24, 2.45) is 0 Å². The van der Waals surface area contributed by atoms with Gasteiger partial charge in [-0.3, -0.25) is 14.9 Å². The number of hydrogen-bond donors (Lipinski definition) is 1. The average molecular weight is 655 g/mol. The Hall–Kier alpha value is -2.99. The van der Waals surface area contributed by atoms with E-state index in [0.717, 1.165) is 16.5 Å². The van der Waals surface area contributed by atoms with E-state index in [4.69, 9.17) is 15.8 Å². The summed E-state index contributed by atoms with van der Waals surface area (Å²) in [5.74, 6) is -2.00. The van der Waals surface area contributed by atoms with E-state index in [2.05, 4.69) is 37.2 Å². The molecule has 1 aliphatic heterocycles. The van der Waals surface area contributed by atoms with Gasteiger partial charge in [0, 0.05) is 15.1 Å². The minimum atomic E-state index is -4.26. The number of carbonyl (C=O) groups is 3. The first kappa shape index (κ1) is 26.1. The van der Waals surface area contributed by atoms with Gasteiger partial charge in [0.1, 0.15) is 10.5 Å². The van der Waals surface area contributed by atoms with Crippen molar-refractivity contribution in [1.29, 1.82) is 0 Å². The standard InChI is InChI=1S/C24H15Br2ClN2O6S/c1-13-2-8-18(9-3-13)36(33,34)35-21-14(10-15(25)12-20(21)26)11-19-22(30)28-24(32)29(23(19)31)17-6-4-16(27)5-7-17/h2-12H,1H3,(H,28,30,32)/b19-11+. The zero-order chi connectivity index (χ0) is 26.2. The van der Waals surface area contributed by atoms with Crippen LogP contribution in [0.3, 0.4) is 0 Å². The van der Waals surface area contributed by atoms with Crippen molar-refractivity contribution in [1.82, 2.24) is 5.32 Å². The summed E-state index contributed by atoms with van der Waals surface area (Å²) in [4.78, 5) is 39.0. The van der Waals surface area contributed by atoms with E-state index in [1.165, 1.54) is 42.5 Å². The molecular formula is C24H15Br2ClN2O6S. The van der Waals surface area contributed by atoms with Crippen LogP contribution in [0.5, 0.6) is 5.75 Å². The van der Waals surface area contributed by atoms with Crippen LogP contribution in [-0.2, 0) is 19.7 Å². The Balaban J connectivity index is 1.78. The van der Waals surface area contributed by atoms with Crippen molar-refractivity contribution in [3.05, 3.63) is 91.3 Å². The zero-order valence-corrected chi connectivity index (χ0v) is 23.0. The van der Waals surface area contributed by atoms with E-state index in [-0.39, 0.29) is 26.4 Å². The molecule has 0 aromatic heterocycles. The van der Waals surface area contributed by atoms with Gasteiger partial charge in [0.2, 0.25) is 0 Å². The largest absolute Gasteiger partial charge is 0.377 e. The maximum Gasteiger partial charge on any atom is 0.339 e. The van der Waals surface area contributed by atoms with Gasteiger partial charge in [-0.1, -0.05) is 45.2 Å². The number of hydrogen-bond acceptors (Lipinski definition) is 6. The third-order valence-electron chi connectivity index (χ3n) is 5.03. The summed E-state index contributed by atoms with van der Waals surface area (Å²) >= 11 is 12.5. The summed E-state index contributed by atoms with van der Waals surface area (Å²) in [5, 5.41) is 2.51. The number of halogens is 3. The first-order valence-electron chi connectivity index (χ1n) is 10.1. The molecule has 1 fully saturated rings. The Morgan fingerprint density at radius 3 is 2.25 bits per heavy atom. The van der Waals surface area contributed by atoms with E-state index in [0.29, 0.717) is 9.50 Å². The lowest BCUT2D eigenvalue weighted by atomic mass is 10.1. The number of aryl methyl sites for hydroxylation is 1. The van der Waals surface area contributed by atoms with Gasteiger partial charge in [0.15, 0.2) is 5.75 Å². The van der Waals surface area contributed by atoms with Crippen molar-refractivity contribution >= 4 is 83.2 Å². The highest BCUT2D eigenvalue weighted by Gasteiger charge is 2.37. The van der Waals surface area contributed by atoms with Gasteiger partial charge in [0.05, 0.1) is 10.2 Å². The van der Waals surface area contributed by atoms with Crippen molar-refractivity contribution in [2.75, 3.05) is 4.90 Å². The number of urea groups is 1. The molecule has 3 aromatic rings. The minimum Gasteiger partial charge on any atom is -0.377 e. The van der Waals surface area contributed by atoms with Crippen LogP contribution in [0.4, 0.5) is 10.5 Å². The molecule has 1 aliphatic rings. The van der Waals surface area contributed by atoms with Crippen molar-refractivity contribution in [3.8, 4) is 5.75 Å². The lowest BCUT2D eigenvalue weighted by Crippen LogP contribution is -2.54. The average Bonchev–Trinajstić information content (AvgIpc) is 2.80. The molecule has 0 aliphatic carbocycles. The fourth-order valence-corrected chi connectivity index (χ4v) is 5.82. The SMILES string of the molecule is Cc1ccc(S(=O)(=O)Oc2c(Br)cc(Br)cc2/C=C2\C(=O)NC(=O)N(c3ccc(Cl)cc3)C2=O)cc1. The molecule has 0 atom stereocenters. The molecule has 1 saturated heterocycles. The summed E-state index contributed by atoms with van der Waals surface area (Å²) in [7, 11) is -4.26. The van der Waals surface area contributed by atoms with E-state index in [1.807, 2.05) is 6.92 Å². The maximum atomic E-state index is 13.2. The lowest BCUT2D eigenvalue weighted by molar-refractivity contribution is -0.122. The number of rotatable bonds is 5. The van der Waals surface area contributed by atoms with Crippen molar-refractivity contribution in [3.63, 3.8) is 0 Å². The van der Waals surface area contributed by atoms with Crippen LogP contribution in [0.1, 0.15) is 11.1 Å². The second-order valence-corrected chi connectivity index (χ2v) is 11.3. The molecule has 3 aromatic carbocycles. The molecule has 0 unspecified atom stereocenters. The Morgan fingerprint density at radius 2 is 1.61 bits per heavy atom. The number of carbonyl (C=O) groups excluding carboxylic acids is 3. The highest BCUT2D eigenvalue weighted by molar-refractivity contribution is 9.11. The van der Waals surface area contributed by atoms with Crippen LogP contribution in [0.15, 0.2) is 80.1 Å².